The van der Waals surface area contributed by atoms with Crippen LogP contribution in [0.1, 0.15) is 177 Å². The van der Waals surface area contributed by atoms with E-state index in [0.29, 0.717) is 18.8 Å². The number of carbonyl (C=O) groups is 11. The molecule has 0 aromatic heterocycles. The second-order valence-corrected chi connectivity index (χ2v) is 31.7. The van der Waals surface area contributed by atoms with Crippen molar-refractivity contribution in [2.45, 2.75) is 255 Å². The number of carbonyl (C=O) groups excluding carboxylic acids is 11. The normalized spacial score (nSPS) is 26.3. The molecule has 0 saturated carbocycles. The van der Waals surface area contributed by atoms with Crippen molar-refractivity contribution in [3.05, 3.63) is 12.2 Å². The van der Waals surface area contributed by atoms with E-state index in [1.807, 2.05) is 41.5 Å². The second kappa shape index (κ2) is 39.7. The lowest BCUT2D eigenvalue weighted by molar-refractivity contribution is -0.157. The minimum absolute atomic E-state index is 0.0000999. The standard InChI is InChI=1S/C70H128N12O13S/c1-28-30-31-45(13)57(83)56-61(87)74-48(29-2)63(89)80(25)53(38-96-33-32-71-39-69(16,17)18)66(92)79(24)52(37-70(19,20)95)60(86)75-54(43(9)10)67(93)76(21)49(34-40(3)4)59(85)72-46(14)58(84)73-47(15)62(88)77(22)50(35-41(5)6)64(90)78(23)51(36-42(7)8)65(91)81(26)55(44(11)12)68(94)82(56)27/h28,30,40-57,71,83,95H,29,31-39H2,1-27H3,(H,72,85)(H,73,84)(H,74,87)(H,75,86)/t45-,46+,47-,48+,49+,50+,51+,52+,53-,54+,55+,56+,57-/m1/s1. The van der Waals surface area contributed by atoms with Crippen LogP contribution >= 0.6 is 11.8 Å². The fourth-order valence-electron chi connectivity index (χ4n) is 11.8. The van der Waals surface area contributed by atoms with Gasteiger partial charge in [-0.25, -0.2) is 0 Å². The molecule has 0 bridgehead atoms. The molecule has 0 unspecified atom stereocenters. The van der Waals surface area contributed by atoms with Crippen molar-refractivity contribution < 1.29 is 63.0 Å². The van der Waals surface area contributed by atoms with E-state index < -0.39 is 161 Å². The summed E-state index contributed by atoms with van der Waals surface area (Å²) in [6, 6.07) is -14.4. The van der Waals surface area contributed by atoms with Gasteiger partial charge >= 0.3 is 0 Å². The summed E-state index contributed by atoms with van der Waals surface area (Å²) in [7, 11) is 9.87. The van der Waals surface area contributed by atoms with Gasteiger partial charge in [0.05, 0.1) is 11.7 Å². The van der Waals surface area contributed by atoms with Gasteiger partial charge < -0.3 is 71.1 Å². The monoisotopic (exact) mass is 1380 g/mol. The molecule has 13 atom stereocenters. The highest BCUT2D eigenvalue weighted by molar-refractivity contribution is 7.99. The maximum absolute atomic E-state index is 15.4. The first kappa shape index (κ1) is 88.2. The van der Waals surface area contributed by atoms with Crippen LogP contribution in [0.25, 0.3) is 0 Å². The summed E-state index contributed by atoms with van der Waals surface area (Å²) in [5.74, 6) is -9.82. The Morgan fingerprint density at radius 3 is 1.42 bits per heavy atom. The molecule has 552 valence electrons. The van der Waals surface area contributed by atoms with Gasteiger partial charge in [0, 0.05) is 80.3 Å². The largest absolute Gasteiger partial charge is 0.390 e. The molecule has 0 spiro atoms. The van der Waals surface area contributed by atoms with Crippen molar-refractivity contribution in [1.29, 1.82) is 0 Å². The maximum atomic E-state index is 15.4. The predicted molar refractivity (Wildman–Crippen MR) is 378 cm³/mol. The minimum Gasteiger partial charge on any atom is -0.390 e. The van der Waals surface area contributed by atoms with Crippen molar-refractivity contribution in [2.75, 3.05) is 73.9 Å². The third-order valence-corrected chi connectivity index (χ3v) is 18.8. The van der Waals surface area contributed by atoms with Gasteiger partial charge in [-0.1, -0.05) is 116 Å². The zero-order chi connectivity index (χ0) is 74.5. The summed E-state index contributed by atoms with van der Waals surface area (Å²) in [4.78, 5) is 173. The summed E-state index contributed by atoms with van der Waals surface area (Å²) in [5, 5.41) is 38.2. The number of thioether (sulfide) groups is 1. The average Bonchev–Trinajstić information content (AvgIpc) is 0.818. The third-order valence-electron chi connectivity index (χ3n) is 17.7. The molecular weight excluding hydrogens is 1250 g/mol. The number of amides is 11. The Balaban J connectivity index is 4.58. The van der Waals surface area contributed by atoms with E-state index in [4.69, 9.17) is 0 Å². The number of rotatable bonds is 21. The summed E-state index contributed by atoms with van der Waals surface area (Å²) < 4.78 is 0. The molecule has 11 amide bonds. The number of hydrogen-bond donors (Lipinski definition) is 7. The minimum atomic E-state index is -1.66. The Labute approximate surface area is 580 Å². The Kier molecular flexibility index (Phi) is 36.4. The van der Waals surface area contributed by atoms with E-state index in [9.17, 15) is 34.2 Å². The van der Waals surface area contributed by atoms with Crippen molar-refractivity contribution in [2.24, 2.45) is 40.9 Å². The van der Waals surface area contributed by atoms with Gasteiger partial charge in [-0.15, -0.1) is 0 Å². The van der Waals surface area contributed by atoms with E-state index in [-0.39, 0.29) is 67.4 Å². The summed E-state index contributed by atoms with van der Waals surface area (Å²) in [5.41, 5.74) is -1.62. The van der Waals surface area contributed by atoms with Gasteiger partial charge in [-0.05, 0) is 108 Å². The van der Waals surface area contributed by atoms with Crippen LogP contribution in [0, 0.1) is 40.9 Å². The lowest BCUT2D eigenvalue weighted by Gasteiger charge is -2.41. The Hall–Kier alpha value is -5.86. The Morgan fingerprint density at radius 2 is 0.948 bits per heavy atom. The molecule has 1 saturated heterocycles. The average molecular weight is 1380 g/mol. The maximum Gasteiger partial charge on any atom is 0.246 e. The molecule has 1 heterocycles. The molecule has 0 aliphatic carbocycles. The van der Waals surface area contributed by atoms with E-state index in [2.05, 4.69) is 47.4 Å². The molecule has 1 rings (SSSR count). The number of aliphatic hydroxyl groups is 2. The van der Waals surface area contributed by atoms with Crippen LogP contribution in [0.4, 0.5) is 0 Å². The second-order valence-electron chi connectivity index (χ2n) is 30.5. The van der Waals surface area contributed by atoms with Crippen LogP contribution in [-0.2, 0) is 52.7 Å². The van der Waals surface area contributed by atoms with Gasteiger partial charge in [-0.2, -0.15) is 11.8 Å². The zero-order valence-electron chi connectivity index (χ0n) is 63.5. The number of nitrogens with zero attached hydrogens (tertiary/aromatic N) is 7. The lowest BCUT2D eigenvalue weighted by atomic mass is 9.91. The van der Waals surface area contributed by atoms with E-state index in [1.165, 1.54) is 113 Å². The molecule has 25 nitrogen and oxygen atoms in total. The molecular formula is C70H128N12O13S. The van der Waals surface area contributed by atoms with Crippen molar-refractivity contribution in [3.63, 3.8) is 0 Å². The fourth-order valence-corrected chi connectivity index (χ4v) is 12.8. The number of likely N-dealkylation sites (N-methyl/N-ethyl adjacent to an activating group) is 7. The summed E-state index contributed by atoms with van der Waals surface area (Å²) >= 11 is 1.36. The smallest absolute Gasteiger partial charge is 0.246 e. The fraction of sp³-hybridized carbons (Fsp3) is 0.814. The molecule has 1 aliphatic heterocycles. The van der Waals surface area contributed by atoms with Crippen LogP contribution in [-0.4, -0.2) is 262 Å². The summed E-state index contributed by atoms with van der Waals surface area (Å²) in [6.07, 6.45) is 2.34. The Morgan fingerprint density at radius 1 is 0.510 bits per heavy atom. The van der Waals surface area contributed by atoms with Crippen LogP contribution < -0.4 is 26.6 Å². The van der Waals surface area contributed by atoms with Crippen LogP contribution in [0.3, 0.4) is 0 Å². The van der Waals surface area contributed by atoms with Crippen molar-refractivity contribution in [1.82, 2.24) is 60.9 Å². The highest BCUT2D eigenvalue weighted by Crippen LogP contribution is 2.27. The molecule has 1 aliphatic rings. The van der Waals surface area contributed by atoms with E-state index in [0.717, 1.165) is 9.80 Å². The van der Waals surface area contributed by atoms with E-state index >= 15 is 28.8 Å². The molecule has 0 aromatic rings. The van der Waals surface area contributed by atoms with Crippen LogP contribution in [0.15, 0.2) is 12.2 Å². The molecule has 0 radical (unpaired) electrons. The van der Waals surface area contributed by atoms with Crippen LogP contribution in [0.2, 0.25) is 0 Å². The van der Waals surface area contributed by atoms with Gasteiger partial charge in [-0.3, -0.25) is 52.7 Å². The Bertz CT molecular complexity index is 2630. The van der Waals surface area contributed by atoms with Crippen molar-refractivity contribution in [3.8, 4) is 0 Å². The lowest BCUT2D eigenvalue weighted by Crippen LogP contribution is -2.64. The highest BCUT2D eigenvalue weighted by atomic mass is 32.2. The number of aliphatic hydroxyl groups excluding tert-OH is 1. The van der Waals surface area contributed by atoms with Gasteiger partial charge in [0.25, 0.3) is 0 Å². The third kappa shape index (κ3) is 26.4. The molecule has 26 heteroatoms. The zero-order valence-corrected chi connectivity index (χ0v) is 64.4. The SMILES string of the molecule is CC=CC[C@@H](C)[C@@H](O)[C@H]1C(=O)N[C@@H](CC)C(=O)N(C)[C@H](CSCCNCC(C)(C)C)C(=O)N(C)[C@@H](CC(C)(C)O)C(=O)N[C@@H](C(C)C)C(=O)N(C)[C@@H](CC(C)C)C(=O)N[C@@H](C)C(=O)N[C@H](C)C(=O)N(C)[C@@H](CC(C)C)C(=O)N(C)[C@@H](CC(C)C)C(=O)N(C)[C@@H](C(C)C)C(=O)N1C. The predicted octanol–water partition coefficient (Wildman–Crippen LogP) is 4.12. The first-order chi connectivity index (χ1) is 44.1. The quantitative estimate of drug-likeness (QED) is 0.0628. The van der Waals surface area contributed by atoms with Crippen LogP contribution in [0.5, 0.6) is 0 Å². The van der Waals surface area contributed by atoms with E-state index in [1.54, 1.807) is 60.6 Å². The van der Waals surface area contributed by atoms with Gasteiger partial charge in [0.1, 0.15) is 66.5 Å². The van der Waals surface area contributed by atoms with Gasteiger partial charge in [0.15, 0.2) is 0 Å². The molecule has 1 fully saturated rings. The topological polar surface area (TPSA) is 311 Å². The summed E-state index contributed by atoms with van der Waals surface area (Å²) in [6.45, 7) is 36.5. The molecule has 96 heavy (non-hydrogen) atoms. The first-order valence-electron chi connectivity index (χ1n) is 34.5. The van der Waals surface area contributed by atoms with Crippen molar-refractivity contribution >= 4 is 76.7 Å². The molecule has 0 aromatic carbocycles. The van der Waals surface area contributed by atoms with Gasteiger partial charge in [0.2, 0.25) is 65.0 Å². The number of nitrogens with one attached hydrogen (secondary N) is 5. The highest BCUT2D eigenvalue weighted by Gasteiger charge is 2.47. The first-order valence-corrected chi connectivity index (χ1v) is 35.7. The molecule has 7 N–H and O–H groups in total. The number of allylic oxidation sites excluding steroid dienone is 2. The number of hydrogen-bond acceptors (Lipinski definition) is 15.